The lowest BCUT2D eigenvalue weighted by atomic mass is 9.90. The summed E-state index contributed by atoms with van der Waals surface area (Å²) in [6, 6.07) is -0.241. The molecule has 20 heavy (non-hydrogen) atoms. The number of nitrogens with zero attached hydrogens (tertiary/aromatic N) is 2. The maximum absolute atomic E-state index is 12.3. The Morgan fingerprint density at radius 3 is 2.75 bits per heavy atom. The molecule has 6 nitrogen and oxygen atoms in total. The van der Waals surface area contributed by atoms with E-state index in [0.29, 0.717) is 13.0 Å². The van der Waals surface area contributed by atoms with Gasteiger partial charge in [0, 0.05) is 24.7 Å². The zero-order valence-corrected chi connectivity index (χ0v) is 12.7. The molecule has 1 atom stereocenters. The van der Waals surface area contributed by atoms with Crippen LogP contribution in [0.25, 0.3) is 0 Å². The molecule has 0 saturated carbocycles. The molecule has 2 N–H and O–H groups in total. The summed E-state index contributed by atoms with van der Waals surface area (Å²) in [6.45, 7) is 6.14. The number of carbonyl (C=O) groups is 2. The Morgan fingerprint density at radius 1 is 1.55 bits per heavy atom. The highest BCUT2D eigenvalue weighted by Crippen LogP contribution is 2.31. The second-order valence-electron chi connectivity index (χ2n) is 5.93. The van der Waals surface area contributed by atoms with Crippen molar-refractivity contribution in [3.05, 3.63) is 16.6 Å². The van der Waals surface area contributed by atoms with Crippen LogP contribution in [0, 0.1) is 5.41 Å². The van der Waals surface area contributed by atoms with Crippen LogP contribution >= 0.6 is 11.3 Å². The third-order valence-corrected chi connectivity index (χ3v) is 4.76. The monoisotopic (exact) mass is 297 g/mol. The molecule has 1 aromatic rings. The number of urea groups is 1. The number of carboxylic acids is 1. The number of likely N-dealkylation sites (tertiary alicyclic amines) is 1. The molecular formula is C13H19N3O3S. The predicted molar refractivity (Wildman–Crippen MR) is 75.6 cm³/mol. The van der Waals surface area contributed by atoms with Crippen molar-refractivity contribution in [1.29, 1.82) is 0 Å². The Kier molecular flexibility index (Phi) is 3.73. The third-order valence-electron chi connectivity index (χ3n) is 3.66. The normalized spacial score (nSPS) is 22.9. The van der Waals surface area contributed by atoms with E-state index in [9.17, 15) is 14.7 Å². The fourth-order valence-electron chi connectivity index (χ4n) is 2.24. The van der Waals surface area contributed by atoms with Crippen molar-refractivity contribution in [3.63, 3.8) is 0 Å². The smallest absolute Gasteiger partial charge is 0.318 e. The van der Waals surface area contributed by atoms with Crippen molar-refractivity contribution >= 4 is 23.3 Å². The van der Waals surface area contributed by atoms with Gasteiger partial charge in [-0.05, 0) is 27.2 Å². The summed E-state index contributed by atoms with van der Waals surface area (Å²) in [5.41, 5.74) is -1.41. The number of aliphatic carboxylic acids is 1. The van der Waals surface area contributed by atoms with Gasteiger partial charge in [-0.2, -0.15) is 0 Å². The quantitative estimate of drug-likeness (QED) is 0.892. The van der Waals surface area contributed by atoms with Crippen LogP contribution in [0.15, 0.2) is 11.6 Å². The molecule has 2 amide bonds. The molecule has 1 unspecified atom stereocenters. The molecular weight excluding hydrogens is 278 g/mol. The second kappa shape index (κ2) is 5.05. The summed E-state index contributed by atoms with van der Waals surface area (Å²) in [5.74, 6) is -0.855. The molecule has 1 aliphatic rings. The summed E-state index contributed by atoms with van der Waals surface area (Å²) in [7, 11) is 0. The van der Waals surface area contributed by atoms with E-state index >= 15 is 0 Å². The average molecular weight is 297 g/mol. The molecule has 0 bridgehead atoms. The lowest BCUT2D eigenvalue weighted by Gasteiger charge is -2.28. The van der Waals surface area contributed by atoms with Crippen molar-refractivity contribution in [2.75, 3.05) is 13.1 Å². The molecule has 1 aromatic heterocycles. The van der Waals surface area contributed by atoms with E-state index < -0.39 is 16.9 Å². The highest BCUT2D eigenvalue weighted by Gasteiger charge is 2.43. The van der Waals surface area contributed by atoms with Gasteiger partial charge in [-0.15, -0.1) is 11.3 Å². The van der Waals surface area contributed by atoms with Gasteiger partial charge in [0.15, 0.2) is 0 Å². The fraction of sp³-hybridized carbons (Fsp3) is 0.615. The zero-order valence-electron chi connectivity index (χ0n) is 11.8. The first-order chi connectivity index (χ1) is 9.24. The van der Waals surface area contributed by atoms with Gasteiger partial charge in [0.25, 0.3) is 0 Å². The van der Waals surface area contributed by atoms with Gasteiger partial charge in [-0.3, -0.25) is 4.79 Å². The molecule has 2 rings (SSSR count). The van der Waals surface area contributed by atoms with Gasteiger partial charge in [0.2, 0.25) is 0 Å². The number of nitrogens with one attached hydrogen (secondary N) is 1. The Balaban J connectivity index is 2.02. The largest absolute Gasteiger partial charge is 0.481 e. The van der Waals surface area contributed by atoms with Crippen molar-refractivity contribution in [2.24, 2.45) is 5.41 Å². The molecule has 0 radical (unpaired) electrons. The van der Waals surface area contributed by atoms with Crippen molar-refractivity contribution in [3.8, 4) is 0 Å². The van der Waals surface area contributed by atoms with E-state index in [1.807, 2.05) is 19.2 Å². The maximum atomic E-state index is 12.3. The molecule has 0 aliphatic carbocycles. The van der Waals surface area contributed by atoms with Gasteiger partial charge in [0.05, 0.1) is 11.0 Å². The minimum Gasteiger partial charge on any atom is -0.481 e. The number of aromatic nitrogens is 1. The highest BCUT2D eigenvalue weighted by molar-refractivity contribution is 7.09. The molecule has 2 heterocycles. The van der Waals surface area contributed by atoms with Crippen molar-refractivity contribution in [2.45, 2.75) is 32.7 Å². The average Bonchev–Trinajstić information content (AvgIpc) is 2.97. The number of rotatable bonds is 3. The summed E-state index contributed by atoms with van der Waals surface area (Å²) in [5, 5.41) is 14.8. The first-order valence-electron chi connectivity index (χ1n) is 6.45. The van der Waals surface area contributed by atoms with E-state index in [2.05, 4.69) is 10.3 Å². The number of amides is 2. The van der Waals surface area contributed by atoms with Crippen molar-refractivity contribution in [1.82, 2.24) is 15.2 Å². The molecule has 1 aliphatic heterocycles. The van der Waals surface area contributed by atoms with Crippen LogP contribution in [-0.4, -0.2) is 40.1 Å². The van der Waals surface area contributed by atoms with E-state index in [0.717, 1.165) is 5.01 Å². The lowest BCUT2D eigenvalue weighted by molar-refractivity contribution is -0.146. The third kappa shape index (κ3) is 2.77. The molecule has 1 saturated heterocycles. The molecule has 110 valence electrons. The van der Waals surface area contributed by atoms with E-state index in [1.54, 1.807) is 18.0 Å². The van der Waals surface area contributed by atoms with Crippen LogP contribution in [0.4, 0.5) is 4.79 Å². The first-order valence-corrected chi connectivity index (χ1v) is 7.33. The molecule has 0 aromatic carbocycles. The Morgan fingerprint density at radius 2 is 2.25 bits per heavy atom. The van der Waals surface area contributed by atoms with Gasteiger partial charge in [-0.25, -0.2) is 9.78 Å². The van der Waals surface area contributed by atoms with E-state index in [1.165, 1.54) is 11.3 Å². The lowest BCUT2D eigenvalue weighted by Crippen LogP contribution is -2.48. The second-order valence-corrected chi connectivity index (χ2v) is 6.82. The molecule has 0 spiro atoms. The summed E-state index contributed by atoms with van der Waals surface area (Å²) < 4.78 is 0. The first kappa shape index (κ1) is 14.8. The minimum atomic E-state index is -0.855. The van der Waals surface area contributed by atoms with Gasteiger partial charge in [-0.1, -0.05) is 0 Å². The molecule has 7 heteroatoms. The number of hydrogen-bond acceptors (Lipinski definition) is 4. The topological polar surface area (TPSA) is 82.5 Å². The minimum absolute atomic E-state index is 0.238. The zero-order chi connectivity index (χ0) is 15.0. The van der Waals surface area contributed by atoms with Gasteiger partial charge < -0.3 is 15.3 Å². The van der Waals surface area contributed by atoms with Crippen molar-refractivity contribution < 1.29 is 14.7 Å². The van der Waals surface area contributed by atoms with Crippen LogP contribution in [-0.2, 0) is 10.3 Å². The Hall–Kier alpha value is -1.63. The highest BCUT2D eigenvalue weighted by atomic mass is 32.1. The number of hydrogen-bond donors (Lipinski definition) is 2. The maximum Gasteiger partial charge on any atom is 0.318 e. The van der Waals surface area contributed by atoms with Crippen LogP contribution in [0.5, 0.6) is 0 Å². The van der Waals surface area contributed by atoms with Crippen LogP contribution < -0.4 is 5.32 Å². The number of thiazole rings is 1. The number of carboxylic acid groups (broad SMARTS) is 1. The van der Waals surface area contributed by atoms with Gasteiger partial charge in [0.1, 0.15) is 5.01 Å². The number of carbonyl (C=O) groups excluding carboxylic acids is 1. The SMILES string of the molecule is CC1(C(=O)O)CCN(C(=O)NC(C)(C)c2nccs2)C1. The van der Waals surface area contributed by atoms with Crippen LogP contribution in [0.2, 0.25) is 0 Å². The summed E-state index contributed by atoms with van der Waals surface area (Å²) >= 11 is 1.48. The predicted octanol–water partition coefficient (Wildman–Crippen LogP) is 1.88. The van der Waals surface area contributed by atoms with Crippen LogP contribution in [0.3, 0.4) is 0 Å². The molecule has 1 fully saturated rings. The van der Waals surface area contributed by atoms with Gasteiger partial charge >= 0.3 is 12.0 Å². The Labute approximate surface area is 121 Å². The van der Waals surface area contributed by atoms with E-state index in [-0.39, 0.29) is 12.6 Å². The Bertz CT molecular complexity index is 515. The fourth-order valence-corrected chi connectivity index (χ4v) is 2.96. The summed E-state index contributed by atoms with van der Waals surface area (Å²) in [6.07, 6.45) is 2.18. The summed E-state index contributed by atoms with van der Waals surface area (Å²) in [4.78, 5) is 29.2. The standard InChI is InChI=1S/C13H19N3O3S/c1-12(2,9-14-5-7-20-9)15-11(19)16-6-4-13(3,8-16)10(17)18/h5,7H,4,6,8H2,1-3H3,(H,15,19)(H,17,18). The van der Waals surface area contributed by atoms with E-state index in [4.69, 9.17) is 0 Å². The van der Waals surface area contributed by atoms with Crippen LogP contribution in [0.1, 0.15) is 32.2 Å².